The molecule has 1 unspecified atom stereocenters. The zero-order chi connectivity index (χ0) is 13.3. The Balaban J connectivity index is 2.30. The molecule has 0 aromatic carbocycles. The second-order valence-corrected chi connectivity index (χ2v) is 5.29. The fourth-order valence-corrected chi connectivity index (χ4v) is 2.96. The minimum atomic E-state index is -0.0894. The van der Waals surface area contributed by atoms with E-state index in [0.717, 1.165) is 12.8 Å². The summed E-state index contributed by atoms with van der Waals surface area (Å²) in [5, 5.41) is 8.30. The average molecular weight is 250 g/mol. The number of hydrogen-bond acceptors (Lipinski definition) is 3. The van der Waals surface area contributed by atoms with Crippen molar-refractivity contribution < 1.29 is 4.79 Å². The summed E-state index contributed by atoms with van der Waals surface area (Å²) in [6, 6.07) is 0.397. The first-order valence-corrected chi connectivity index (χ1v) is 6.61. The molecule has 0 aromatic rings. The van der Waals surface area contributed by atoms with E-state index in [9.17, 15) is 4.79 Å². The van der Waals surface area contributed by atoms with Gasteiger partial charge in [-0.3, -0.25) is 10.2 Å². The normalized spacial score (nSPS) is 29.2. The lowest BCUT2D eigenvalue weighted by molar-refractivity contribution is -0.131. The lowest BCUT2D eigenvalue weighted by Crippen LogP contribution is -2.41. The number of nitrogens with zero attached hydrogens (tertiary/aromatic N) is 2. The second kappa shape index (κ2) is 5.00. The predicted octanol–water partition coefficient (Wildman–Crippen LogP) is 1.12. The van der Waals surface area contributed by atoms with Crippen molar-refractivity contribution in [3.63, 3.8) is 0 Å². The van der Waals surface area contributed by atoms with Gasteiger partial charge in [-0.15, -0.1) is 0 Å². The Morgan fingerprint density at radius 2 is 2.00 bits per heavy atom. The van der Waals surface area contributed by atoms with Crippen LogP contribution < -0.4 is 5.73 Å². The highest BCUT2D eigenvalue weighted by Crippen LogP contribution is 2.28. The summed E-state index contributed by atoms with van der Waals surface area (Å²) in [6.45, 7) is 2.55. The molecule has 2 aliphatic rings. The van der Waals surface area contributed by atoms with Crippen LogP contribution in [0.4, 0.5) is 0 Å². The number of amidine groups is 1. The Morgan fingerprint density at radius 1 is 1.39 bits per heavy atom. The third-order valence-electron chi connectivity index (χ3n) is 4.04. The molecule has 0 radical (unpaired) electrons. The highest BCUT2D eigenvalue weighted by atomic mass is 16.2. The van der Waals surface area contributed by atoms with Crippen LogP contribution in [0.3, 0.4) is 0 Å². The van der Waals surface area contributed by atoms with Crippen molar-refractivity contribution in [2.24, 2.45) is 11.7 Å². The SMILES string of the molecule is CC1CN(C2CCCC2)C(=N)/C(=C\N)N(C)C1=O. The van der Waals surface area contributed by atoms with E-state index in [1.165, 1.54) is 23.9 Å². The van der Waals surface area contributed by atoms with Gasteiger partial charge < -0.3 is 15.5 Å². The van der Waals surface area contributed by atoms with Crippen molar-refractivity contribution in [3.8, 4) is 0 Å². The number of carbonyl (C=O) groups excluding carboxylic acids is 1. The number of amides is 1. The van der Waals surface area contributed by atoms with Gasteiger partial charge in [0.15, 0.2) is 0 Å². The first-order valence-electron chi connectivity index (χ1n) is 6.61. The highest BCUT2D eigenvalue weighted by molar-refractivity contribution is 6.01. The molecule has 5 heteroatoms. The maximum absolute atomic E-state index is 12.1. The molecule has 0 aromatic heterocycles. The molecule has 2 rings (SSSR count). The zero-order valence-corrected chi connectivity index (χ0v) is 11.1. The summed E-state index contributed by atoms with van der Waals surface area (Å²) >= 11 is 0. The van der Waals surface area contributed by atoms with E-state index >= 15 is 0 Å². The largest absolute Gasteiger partial charge is 0.403 e. The summed E-state index contributed by atoms with van der Waals surface area (Å²) < 4.78 is 0. The third-order valence-corrected chi connectivity index (χ3v) is 4.04. The van der Waals surface area contributed by atoms with Gasteiger partial charge in [-0.1, -0.05) is 19.8 Å². The van der Waals surface area contributed by atoms with Crippen LogP contribution in [0.2, 0.25) is 0 Å². The third kappa shape index (κ3) is 2.09. The van der Waals surface area contributed by atoms with E-state index in [0.29, 0.717) is 24.1 Å². The van der Waals surface area contributed by atoms with Crippen LogP contribution in [-0.2, 0) is 4.79 Å². The molecule has 0 bridgehead atoms. The fourth-order valence-electron chi connectivity index (χ4n) is 2.96. The standard InChI is InChI=1S/C13H22N4O/c1-9-8-17(10-5-3-4-6-10)12(15)11(7-14)16(2)13(9)18/h7,9-10,15H,3-6,8,14H2,1-2H3/b11-7+,15-12?. The van der Waals surface area contributed by atoms with Gasteiger partial charge >= 0.3 is 0 Å². The Morgan fingerprint density at radius 3 is 2.56 bits per heavy atom. The average Bonchev–Trinajstić information content (AvgIpc) is 2.86. The lowest BCUT2D eigenvalue weighted by atomic mass is 10.1. The van der Waals surface area contributed by atoms with E-state index in [4.69, 9.17) is 11.1 Å². The topological polar surface area (TPSA) is 73.4 Å². The lowest BCUT2D eigenvalue weighted by Gasteiger charge is -2.31. The Hall–Kier alpha value is -1.52. The van der Waals surface area contributed by atoms with Crippen LogP contribution in [0.25, 0.3) is 0 Å². The molecule has 18 heavy (non-hydrogen) atoms. The molecule has 1 saturated carbocycles. The van der Waals surface area contributed by atoms with Gasteiger partial charge in [-0.05, 0) is 12.8 Å². The molecule has 1 aliphatic carbocycles. The van der Waals surface area contributed by atoms with Gasteiger partial charge in [-0.2, -0.15) is 0 Å². The Labute approximate surface area is 108 Å². The number of nitrogens with two attached hydrogens (primary N) is 1. The van der Waals surface area contributed by atoms with Crippen molar-refractivity contribution >= 4 is 11.7 Å². The van der Waals surface area contributed by atoms with Crippen LogP contribution in [0.15, 0.2) is 11.9 Å². The van der Waals surface area contributed by atoms with E-state index < -0.39 is 0 Å². The van der Waals surface area contributed by atoms with Crippen LogP contribution >= 0.6 is 0 Å². The maximum atomic E-state index is 12.1. The quantitative estimate of drug-likeness (QED) is 0.732. The first-order chi connectivity index (χ1) is 8.56. The van der Waals surface area contributed by atoms with Gasteiger partial charge in [0.25, 0.3) is 0 Å². The summed E-state index contributed by atoms with van der Waals surface area (Å²) in [4.78, 5) is 15.7. The van der Waals surface area contributed by atoms with E-state index in [-0.39, 0.29) is 11.8 Å². The first kappa shape index (κ1) is 12.9. The summed E-state index contributed by atoms with van der Waals surface area (Å²) in [6.07, 6.45) is 6.04. The molecule has 0 spiro atoms. The Kier molecular flexibility index (Phi) is 3.59. The molecule has 2 fully saturated rings. The summed E-state index contributed by atoms with van der Waals surface area (Å²) in [5.74, 6) is 0.343. The molecule has 1 amide bonds. The van der Waals surface area contributed by atoms with Gasteiger partial charge in [0.2, 0.25) is 5.91 Å². The van der Waals surface area contributed by atoms with Crippen LogP contribution in [0.5, 0.6) is 0 Å². The van der Waals surface area contributed by atoms with Crippen molar-refractivity contribution in [3.05, 3.63) is 11.9 Å². The molecular formula is C13H22N4O. The molecule has 1 heterocycles. The van der Waals surface area contributed by atoms with Gasteiger partial charge in [-0.25, -0.2) is 0 Å². The Bertz CT molecular complexity index is 384. The molecule has 5 nitrogen and oxygen atoms in total. The number of rotatable bonds is 1. The second-order valence-electron chi connectivity index (χ2n) is 5.29. The van der Waals surface area contributed by atoms with Gasteiger partial charge in [0.1, 0.15) is 11.5 Å². The summed E-state index contributed by atoms with van der Waals surface area (Å²) in [7, 11) is 1.70. The summed E-state index contributed by atoms with van der Waals surface area (Å²) in [5.41, 5.74) is 6.12. The van der Waals surface area contributed by atoms with Crippen LogP contribution in [-0.4, -0.2) is 41.2 Å². The number of likely N-dealkylation sites (N-methyl/N-ethyl adjacent to an activating group) is 1. The minimum Gasteiger partial charge on any atom is -0.403 e. The number of nitrogens with one attached hydrogen (secondary N) is 1. The smallest absolute Gasteiger partial charge is 0.231 e. The molecule has 1 aliphatic heterocycles. The maximum Gasteiger partial charge on any atom is 0.231 e. The van der Waals surface area contributed by atoms with Gasteiger partial charge in [0.05, 0.1) is 5.92 Å². The zero-order valence-electron chi connectivity index (χ0n) is 11.1. The minimum absolute atomic E-state index is 0.0388. The van der Waals surface area contributed by atoms with Gasteiger partial charge in [0, 0.05) is 25.8 Å². The monoisotopic (exact) mass is 250 g/mol. The molecule has 1 atom stereocenters. The van der Waals surface area contributed by atoms with Crippen LogP contribution in [0, 0.1) is 11.3 Å². The fraction of sp³-hybridized carbons (Fsp3) is 0.692. The predicted molar refractivity (Wildman–Crippen MR) is 70.9 cm³/mol. The number of hydrogen-bond donors (Lipinski definition) is 2. The van der Waals surface area contributed by atoms with Crippen molar-refractivity contribution in [2.45, 2.75) is 38.6 Å². The van der Waals surface area contributed by atoms with Crippen LogP contribution in [0.1, 0.15) is 32.6 Å². The van der Waals surface area contributed by atoms with Crippen molar-refractivity contribution in [1.82, 2.24) is 9.80 Å². The molecule has 100 valence electrons. The highest BCUT2D eigenvalue weighted by Gasteiger charge is 2.35. The molecule has 3 N–H and O–H groups in total. The van der Waals surface area contributed by atoms with Crippen molar-refractivity contribution in [2.75, 3.05) is 13.6 Å². The molecule has 1 saturated heterocycles. The van der Waals surface area contributed by atoms with E-state index in [1.54, 1.807) is 7.05 Å². The molecular weight excluding hydrogens is 228 g/mol. The van der Waals surface area contributed by atoms with E-state index in [1.807, 2.05) is 6.92 Å². The van der Waals surface area contributed by atoms with E-state index in [2.05, 4.69) is 4.90 Å². The van der Waals surface area contributed by atoms with Crippen molar-refractivity contribution in [1.29, 1.82) is 5.41 Å². The number of carbonyl (C=O) groups is 1.